The highest BCUT2D eigenvalue weighted by molar-refractivity contribution is 6.00. The summed E-state index contributed by atoms with van der Waals surface area (Å²) in [4.78, 5) is 37.2. The van der Waals surface area contributed by atoms with E-state index in [-0.39, 0.29) is 24.3 Å². The second-order valence-electron chi connectivity index (χ2n) is 5.79. The van der Waals surface area contributed by atoms with E-state index >= 15 is 0 Å². The molecule has 2 N–H and O–H groups in total. The minimum Gasteiger partial charge on any atom is -0.332 e. The number of nitrogens with zero attached hydrogens (tertiary/aromatic N) is 1. The third-order valence-electron chi connectivity index (χ3n) is 3.58. The van der Waals surface area contributed by atoms with Gasteiger partial charge in [0.15, 0.2) is 0 Å². The molecule has 0 spiro atoms. The number of amides is 3. The Morgan fingerprint density at radius 2 is 1.68 bits per heavy atom. The maximum Gasteiger partial charge on any atom is 0.254 e. The van der Waals surface area contributed by atoms with Gasteiger partial charge in [-0.05, 0) is 36.8 Å². The summed E-state index contributed by atoms with van der Waals surface area (Å²) in [6.45, 7) is 3.18. The van der Waals surface area contributed by atoms with Crippen LogP contribution in [0, 0.1) is 6.92 Å². The molecule has 130 valence electrons. The molecule has 6 heteroatoms. The number of rotatable bonds is 5. The zero-order chi connectivity index (χ0) is 18.4. The lowest BCUT2D eigenvalue weighted by Gasteiger charge is -2.18. The summed E-state index contributed by atoms with van der Waals surface area (Å²) in [6, 6.07) is 14.1. The third kappa shape index (κ3) is 5.17. The van der Waals surface area contributed by atoms with Crippen LogP contribution in [-0.2, 0) is 9.59 Å². The summed E-state index contributed by atoms with van der Waals surface area (Å²) in [7, 11) is 1.56. The Labute approximate surface area is 146 Å². The summed E-state index contributed by atoms with van der Waals surface area (Å²) < 4.78 is 0. The number of hydrogen-bond acceptors (Lipinski definition) is 3. The largest absolute Gasteiger partial charge is 0.332 e. The molecule has 6 nitrogen and oxygen atoms in total. The van der Waals surface area contributed by atoms with Gasteiger partial charge in [-0.3, -0.25) is 14.4 Å². The zero-order valence-corrected chi connectivity index (χ0v) is 14.5. The lowest BCUT2D eigenvalue weighted by atomic mass is 10.1. The van der Waals surface area contributed by atoms with E-state index < -0.39 is 0 Å². The van der Waals surface area contributed by atoms with Crippen LogP contribution >= 0.6 is 0 Å². The molecule has 0 unspecified atom stereocenters. The van der Waals surface area contributed by atoms with Gasteiger partial charge in [-0.15, -0.1) is 0 Å². The normalized spacial score (nSPS) is 10.0. The summed E-state index contributed by atoms with van der Waals surface area (Å²) in [5.74, 6) is -0.783. The van der Waals surface area contributed by atoms with Gasteiger partial charge in [0.2, 0.25) is 11.8 Å². The van der Waals surface area contributed by atoms with Gasteiger partial charge in [-0.25, -0.2) is 0 Å². The van der Waals surface area contributed by atoms with Gasteiger partial charge >= 0.3 is 0 Å². The van der Waals surface area contributed by atoms with E-state index in [1.807, 2.05) is 25.1 Å². The van der Waals surface area contributed by atoms with E-state index in [1.54, 1.807) is 37.4 Å². The molecule has 0 bridgehead atoms. The predicted octanol–water partition coefficient (Wildman–Crippen LogP) is 2.66. The third-order valence-corrected chi connectivity index (χ3v) is 3.58. The first-order chi connectivity index (χ1) is 11.9. The molecule has 0 aromatic heterocycles. The fraction of sp³-hybridized carbons (Fsp3) is 0.211. The molecule has 0 aliphatic heterocycles. The maximum absolute atomic E-state index is 12.5. The smallest absolute Gasteiger partial charge is 0.254 e. The molecule has 0 radical (unpaired) electrons. The van der Waals surface area contributed by atoms with Crippen molar-refractivity contribution in [2.24, 2.45) is 0 Å². The molecule has 3 amide bonds. The molecular formula is C19H21N3O3. The van der Waals surface area contributed by atoms with Crippen molar-refractivity contribution in [3.63, 3.8) is 0 Å². The van der Waals surface area contributed by atoms with E-state index in [9.17, 15) is 14.4 Å². The van der Waals surface area contributed by atoms with Crippen molar-refractivity contribution in [1.82, 2.24) is 4.90 Å². The molecule has 2 aromatic carbocycles. The Morgan fingerprint density at radius 1 is 1.00 bits per heavy atom. The van der Waals surface area contributed by atoms with Crippen LogP contribution in [0.4, 0.5) is 11.4 Å². The lowest BCUT2D eigenvalue weighted by molar-refractivity contribution is -0.116. The standard InChI is InChI=1S/C19H21N3O3/c1-13-9-10-15(11-17(13)20-14(2)23)19(25)22(3)12-18(24)21-16-7-5-4-6-8-16/h4-11H,12H2,1-3H3,(H,20,23)(H,21,24). The monoisotopic (exact) mass is 339 g/mol. The highest BCUT2D eigenvalue weighted by Crippen LogP contribution is 2.18. The van der Waals surface area contributed by atoms with Gasteiger partial charge in [0.05, 0.1) is 6.54 Å². The minimum atomic E-state index is -0.296. The first-order valence-corrected chi connectivity index (χ1v) is 7.85. The second kappa shape index (κ2) is 8.10. The number of hydrogen-bond donors (Lipinski definition) is 2. The van der Waals surface area contributed by atoms with Gasteiger partial charge in [0, 0.05) is 30.9 Å². The van der Waals surface area contributed by atoms with Crippen LogP contribution in [0.1, 0.15) is 22.8 Å². The van der Waals surface area contributed by atoms with Crippen LogP contribution in [0.15, 0.2) is 48.5 Å². The predicted molar refractivity (Wildman–Crippen MR) is 97.5 cm³/mol. The quantitative estimate of drug-likeness (QED) is 0.879. The van der Waals surface area contributed by atoms with Gasteiger partial charge < -0.3 is 15.5 Å². The first kappa shape index (κ1) is 18.2. The SMILES string of the molecule is CC(=O)Nc1cc(C(=O)N(C)CC(=O)Nc2ccccc2)ccc1C. The number of para-hydroxylation sites is 1. The molecule has 0 saturated heterocycles. The molecule has 0 aliphatic rings. The number of aryl methyl sites for hydroxylation is 1. The average Bonchev–Trinajstić information content (AvgIpc) is 2.56. The van der Waals surface area contributed by atoms with Crippen LogP contribution in [-0.4, -0.2) is 36.2 Å². The number of carbonyl (C=O) groups excluding carboxylic acids is 3. The van der Waals surface area contributed by atoms with Gasteiger partial charge in [-0.2, -0.15) is 0 Å². The van der Waals surface area contributed by atoms with Gasteiger partial charge in [0.1, 0.15) is 0 Å². The Morgan fingerprint density at radius 3 is 2.32 bits per heavy atom. The van der Waals surface area contributed by atoms with Crippen molar-refractivity contribution in [1.29, 1.82) is 0 Å². The summed E-state index contributed by atoms with van der Waals surface area (Å²) in [5, 5.41) is 5.43. The average molecular weight is 339 g/mol. The number of benzene rings is 2. The minimum absolute atomic E-state index is 0.0723. The molecular weight excluding hydrogens is 318 g/mol. The highest BCUT2D eigenvalue weighted by atomic mass is 16.2. The molecule has 0 fully saturated rings. The summed E-state index contributed by atoms with van der Waals surface area (Å²) in [6.07, 6.45) is 0. The molecule has 0 saturated carbocycles. The van der Waals surface area contributed by atoms with Crippen molar-refractivity contribution < 1.29 is 14.4 Å². The van der Waals surface area contributed by atoms with Crippen molar-refractivity contribution in [3.8, 4) is 0 Å². The summed E-state index contributed by atoms with van der Waals surface area (Å²) >= 11 is 0. The van der Waals surface area contributed by atoms with Crippen molar-refractivity contribution in [2.45, 2.75) is 13.8 Å². The van der Waals surface area contributed by atoms with Crippen LogP contribution in [0.25, 0.3) is 0 Å². The summed E-state index contributed by atoms with van der Waals surface area (Å²) in [5.41, 5.74) is 2.53. The van der Waals surface area contributed by atoms with Crippen molar-refractivity contribution in [3.05, 3.63) is 59.7 Å². The molecule has 2 rings (SSSR count). The molecule has 0 atom stereocenters. The molecule has 0 heterocycles. The molecule has 0 aliphatic carbocycles. The van der Waals surface area contributed by atoms with Gasteiger partial charge in [0.25, 0.3) is 5.91 Å². The van der Waals surface area contributed by atoms with E-state index in [1.165, 1.54) is 11.8 Å². The number of carbonyl (C=O) groups is 3. The second-order valence-corrected chi connectivity index (χ2v) is 5.79. The van der Waals surface area contributed by atoms with Crippen molar-refractivity contribution >= 4 is 29.1 Å². The van der Waals surface area contributed by atoms with E-state index in [2.05, 4.69) is 10.6 Å². The highest BCUT2D eigenvalue weighted by Gasteiger charge is 2.16. The van der Waals surface area contributed by atoms with Crippen LogP contribution in [0.5, 0.6) is 0 Å². The molecule has 25 heavy (non-hydrogen) atoms. The van der Waals surface area contributed by atoms with Gasteiger partial charge in [-0.1, -0.05) is 24.3 Å². The Hall–Kier alpha value is -3.15. The van der Waals surface area contributed by atoms with E-state index in [0.717, 1.165) is 5.56 Å². The zero-order valence-electron chi connectivity index (χ0n) is 14.5. The van der Waals surface area contributed by atoms with Crippen LogP contribution in [0.2, 0.25) is 0 Å². The maximum atomic E-state index is 12.5. The number of anilines is 2. The van der Waals surface area contributed by atoms with Crippen LogP contribution < -0.4 is 10.6 Å². The number of nitrogens with one attached hydrogen (secondary N) is 2. The molecule has 2 aromatic rings. The Balaban J connectivity index is 2.04. The van der Waals surface area contributed by atoms with E-state index in [4.69, 9.17) is 0 Å². The first-order valence-electron chi connectivity index (χ1n) is 7.85. The number of likely N-dealkylation sites (N-methyl/N-ethyl adjacent to an activating group) is 1. The van der Waals surface area contributed by atoms with Crippen molar-refractivity contribution in [2.75, 3.05) is 24.2 Å². The Kier molecular flexibility index (Phi) is 5.89. The van der Waals surface area contributed by atoms with E-state index in [0.29, 0.717) is 16.9 Å². The van der Waals surface area contributed by atoms with Crippen LogP contribution in [0.3, 0.4) is 0 Å². The topological polar surface area (TPSA) is 78.5 Å². The fourth-order valence-electron chi connectivity index (χ4n) is 2.31. The fourth-order valence-corrected chi connectivity index (χ4v) is 2.31. The Bertz CT molecular complexity index is 788. The lowest BCUT2D eigenvalue weighted by Crippen LogP contribution is -2.35.